The van der Waals surface area contributed by atoms with Crippen molar-refractivity contribution in [1.82, 2.24) is 4.98 Å². The van der Waals surface area contributed by atoms with Crippen LogP contribution in [0.15, 0.2) is 29.8 Å². The fourth-order valence-corrected chi connectivity index (χ4v) is 2.39. The standard InChI is InChI=1S/C11H10ClN3O2S/c12-8-2-1-3-9(11(8)15(16)17)13-5-4-10-14-6-7-18-10/h1-3,6-7,13H,4-5H2. The number of halogens is 1. The van der Waals surface area contributed by atoms with E-state index in [1.165, 1.54) is 6.07 Å². The minimum Gasteiger partial charge on any atom is -0.379 e. The molecule has 7 heteroatoms. The zero-order valence-electron chi connectivity index (χ0n) is 9.30. The Kier molecular flexibility index (Phi) is 4.11. The van der Waals surface area contributed by atoms with E-state index >= 15 is 0 Å². The van der Waals surface area contributed by atoms with Gasteiger partial charge in [0, 0.05) is 24.5 Å². The molecule has 5 nitrogen and oxygen atoms in total. The van der Waals surface area contributed by atoms with Gasteiger partial charge in [-0.3, -0.25) is 10.1 Å². The first-order valence-electron chi connectivity index (χ1n) is 5.23. The number of nitro groups is 1. The lowest BCUT2D eigenvalue weighted by atomic mass is 10.2. The third-order valence-corrected chi connectivity index (χ3v) is 3.45. The lowest BCUT2D eigenvalue weighted by Gasteiger charge is -2.06. The Labute approximate surface area is 113 Å². The summed E-state index contributed by atoms with van der Waals surface area (Å²) < 4.78 is 0. The number of nitrogens with one attached hydrogen (secondary N) is 1. The third kappa shape index (κ3) is 2.96. The van der Waals surface area contributed by atoms with Crippen molar-refractivity contribution in [1.29, 1.82) is 0 Å². The monoisotopic (exact) mass is 283 g/mol. The highest BCUT2D eigenvalue weighted by atomic mass is 35.5. The molecule has 2 aromatic rings. The van der Waals surface area contributed by atoms with Crippen molar-refractivity contribution in [3.63, 3.8) is 0 Å². The molecule has 2 rings (SSSR count). The van der Waals surface area contributed by atoms with Crippen LogP contribution < -0.4 is 5.32 Å². The lowest BCUT2D eigenvalue weighted by molar-refractivity contribution is -0.383. The normalized spacial score (nSPS) is 10.3. The summed E-state index contributed by atoms with van der Waals surface area (Å²) in [7, 11) is 0. The van der Waals surface area contributed by atoms with Crippen LogP contribution in [-0.4, -0.2) is 16.5 Å². The van der Waals surface area contributed by atoms with E-state index in [9.17, 15) is 10.1 Å². The van der Waals surface area contributed by atoms with Gasteiger partial charge in [-0.25, -0.2) is 4.98 Å². The highest BCUT2D eigenvalue weighted by molar-refractivity contribution is 7.09. The second-order valence-electron chi connectivity index (χ2n) is 3.50. The van der Waals surface area contributed by atoms with E-state index in [0.717, 1.165) is 11.4 Å². The van der Waals surface area contributed by atoms with Crippen molar-refractivity contribution in [3.05, 3.63) is 49.9 Å². The Morgan fingerprint density at radius 1 is 1.50 bits per heavy atom. The maximum Gasteiger partial charge on any atom is 0.310 e. The first kappa shape index (κ1) is 12.8. The summed E-state index contributed by atoms with van der Waals surface area (Å²) in [6.45, 7) is 0.578. The fraction of sp³-hybridized carbons (Fsp3) is 0.182. The van der Waals surface area contributed by atoms with Crippen molar-refractivity contribution in [2.75, 3.05) is 11.9 Å². The number of anilines is 1. The van der Waals surface area contributed by atoms with Crippen LogP contribution in [0.2, 0.25) is 5.02 Å². The van der Waals surface area contributed by atoms with E-state index in [4.69, 9.17) is 11.6 Å². The Bertz CT molecular complexity index is 545. The van der Waals surface area contributed by atoms with E-state index in [-0.39, 0.29) is 10.7 Å². The SMILES string of the molecule is O=[N+]([O-])c1c(Cl)cccc1NCCc1nccs1. The Morgan fingerprint density at radius 2 is 2.33 bits per heavy atom. The summed E-state index contributed by atoms with van der Waals surface area (Å²) in [6.07, 6.45) is 2.46. The average molecular weight is 284 g/mol. The number of thiazole rings is 1. The van der Waals surface area contributed by atoms with Crippen LogP contribution >= 0.6 is 22.9 Å². The lowest BCUT2D eigenvalue weighted by Crippen LogP contribution is -2.06. The number of hydrogen-bond acceptors (Lipinski definition) is 5. The Hall–Kier alpha value is -1.66. The van der Waals surface area contributed by atoms with Crippen molar-refractivity contribution in [2.24, 2.45) is 0 Å². The quantitative estimate of drug-likeness (QED) is 0.675. The predicted octanol–water partition coefficient (Wildman–Crippen LogP) is 3.36. The van der Waals surface area contributed by atoms with Gasteiger partial charge in [0.05, 0.1) is 9.93 Å². The maximum atomic E-state index is 10.9. The molecule has 0 atom stereocenters. The summed E-state index contributed by atoms with van der Waals surface area (Å²) in [6, 6.07) is 4.83. The van der Waals surface area contributed by atoms with Crippen LogP contribution in [-0.2, 0) is 6.42 Å². The molecule has 0 saturated carbocycles. The number of nitrogens with zero attached hydrogens (tertiary/aromatic N) is 2. The molecule has 1 aromatic carbocycles. The van der Waals surface area contributed by atoms with Crippen molar-refractivity contribution in [2.45, 2.75) is 6.42 Å². The van der Waals surface area contributed by atoms with Gasteiger partial charge in [0.1, 0.15) is 10.7 Å². The molecule has 0 fully saturated rings. The zero-order valence-corrected chi connectivity index (χ0v) is 10.9. The molecular weight excluding hydrogens is 274 g/mol. The number of benzene rings is 1. The predicted molar refractivity (Wildman–Crippen MR) is 72.4 cm³/mol. The van der Waals surface area contributed by atoms with Crippen LogP contribution in [0.5, 0.6) is 0 Å². The first-order chi connectivity index (χ1) is 8.68. The molecule has 0 spiro atoms. The van der Waals surface area contributed by atoms with Gasteiger partial charge in [-0.2, -0.15) is 0 Å². The molecule has 1 N–H and O–H groups in total. The van der Waals surface area contributed by atoms with Crippen molar-refractivity contribution >= 4 is 34.3 Å². The molecule has 0 saturated heterocycles. The van der Waals surface area contributed by atoms with Gasteiger partial charge in [0.25, 0.3) is 0 Å². The second-order valence-corrected chi connectivity index (χ2v) is 4.88. The van der Waals surface area contributed by atoms with E-state index in [1.807, 2.05) is 5.38 Å². The summed E-state index contributed by atoms with van der Waals surface area (Å²) in [5.74, 6) is 0. The molecule has 18 heavy (non-hydrogen) atoms. The van der Waals surface area contributed by atoms with Crippen LogP contribution in [0.25, 0.3) is 0 Å². The van der Waals surface area contributed by atoms with E-state index < -0.39 is 4.92 Å². The molecule has 1 heterocycles. The molecule has 94 valence electrons. The van der Waals surface area contributed by atoms with E-state index in [2.05, 4.69) is 10.3 Å². The number of para-hydroxylation sites is 1. The molecule has 0 radical (unpaired) electrons. The van der Waals surface area contributed by atoms with Crippen molar-refractivity contribution in [3.8, 4) is 0 Å². The molecule has 0 aliphatic heterocycles. The van der Waals surface area contributed by atoms with E-state index in [0.29, 0.717) is 12.2 Å². The van der Waals surface area contributed by atoms with Crippen LogP contribution in [0.4, 0.5) is 11.4 Å². The topological polar surface area (TPSA) is 68.1 Å². The summed E-state index contributed by atoms with van der Waals surface area (Å²) in [5.41, 5.74) is 0.349. The number of rotatable bonds is 5. The first-order valence-corrected chi connectivity index (χ1v) is 6.49. The molecule has 0 bridgehead atoms. The van der Waals surface area contributed by atoms with Gasteiger partial charge >= 0.3 is 5.69 Å². The smallest absolute Gasteiger partial charge is 0.310 e. The van der Waals surface area contributed by atoms with Crippen LogP contribution in [0.1, 0.15) is 5.01 Å². The fourth-order valence-electron chi connectivity index (χ4n) is 1.52. The number of aromatic nitrogens is 1. The highest BCUT2D eigenvalue weighted by Crippen LogP contribution is 2.32. The van der Waals surface area contributed by atoms with Gasteiger partial charge in [-0.05, 0) is 12.1 Å². The average Bonchev–Trinajstić information content (AvgIpc) is 2.81. The van der Waals surface area contributed by atoms with Crippen LogP contribution in [0, 0.1) is 10.1 Å². The minimum atomic E-state index is -0.478. The summed E-state index contributed by atoms with van der Waals surface area (Å²) >= 11 is 7.37. The van der Waals surface area contributed by atoms with Gasteiger partial charge in [0.15, 0.2) is 0 Å². The zero-order chi connectivity index (χ0) is 13.0. The highest BCUT2D eigenvalue weighted by Gasteiger charge is 2.17. The molecule has 1 aromatic heterocycles. The van der Waals surface area contributed by atoms with Gasteiger partial charge in [-0.15, -0.1) is 11.3 Å². The van der Waals surface area contributed by atoms with Gasteiger partial charge < -0.3 is 5.32 Å². The Balaban J connectivity index is 2.05. The van der Waals surface area contributed by atoms with Crippen molar-refractivity contribution < 1.29 is 4.92 Å². The Morgan fingerprint density at radius 3 is 3.00 bits per heavy atom. The largest absolute Gasteiger partial charge is 0.379 e. The molecule has 0 aliphatic rings. The van der Waals surface area contributed by atoms with Gasteiger partial charge in [-0.1, -0.05) is 17.7 Å². The summed E-state index contributed by atoms with van der Waals surface area (Å²) in [5, 5.41) is 17.0. The number of hydrogen-bond donors (Lipinski definition) is 1. The molecular formula is C11H10ClN3O2S. The number of nitro benzene ring substituents is 1. The summed E-state index contributed by atoms with van der Waals surface area (Å²) in [4.78, 5) is 14.6. The second kappa shape index (κ2) is 5.79. The van der Waals surface area contributed by atoms with E-state index in [1.54, 1.807) is 29.7 Å². The third-order valence-electron chi connectivity index (χ3n) is 2.31. The minimum absolute atomic E-state index is 0.0849. The molecule has 0 aliphatic carbocycles. The molecule has 0 amide bonds. The van der Waals surface area contributed by atoms with Crippen LogP contribution in [0.3, 0.4) is 0 Å². The maximum absolute atomic E-state index is 10.9. The molecule has 0 unspecified atom stereocenters. The van der Waals surface area contributed by atoms with Gasteiger partial charge in [0.2, 0.25) is 0 Å².